The first-order valence-corrected chi connectivity index (χ1v) is 8.70. The van der Waals surface area contributed by atoms with Crippen LogP contribution in [0, 0.1) is 5.92 Å². The molecular weight excluding hydrogens is 234 g/mol. The van der Waals surface area contributed by atoms with Gasteiger partial charge in [0.25, 0.3) is 0 Å². The minimum Gasteiger partial charge on any atom is -0.301 e. The first-order valence-electron chi connectivity index (χ1n) is 6.98. The molecule has 0 N–H and O–H groups in total. The molecule has 4 heteroatoms. The highest BCUT2D eigenvalue weighted by Crippen LogP contribution is 2.33. The molecule has 100 valence electrons. The van der Waals surface area contributed by atoms with E-state index in [9.17, 15) is 8.42 Å². The average molecular weight is 259 g/mol. The molecule has 1 saturated carbocycles. The molecule has 1 aliphatic heterocycles. The topological polar surface area (TPSA) is 37.4 Å². The van der Waals surface area contributed by atoms with Crippen LogP contribution in [0.15, 0.2) is 0 Å². The molecule has 1 unspecified atom stereocenters. The average Bonchev–Trinajstić information content (AvgIpc) is 3.11. The summed E-state index contributed by atoms with van der Waals surface area (Å²) >= 11 is 0. The molecule has 0 radical (unpaired) electrons. The molecule has 2 aliphatic rings. The second-order valence-corrected chi connectivity index (χ2v) is 8.09. The van der Waals surface area contributed by atoms with E-state index in [1.165, 1.54) is 0 Å². The zero-order valence-electron chi connectivity index (χ0n) is 11.1. The predicted octanol–water partition coefficient (Wildman–Crippen LogP) is 2.07. The van der Waals surface area contributed by atoms with Crippen molar-refractivity contribution in [3.63, 3.8) is 0 Å². The lowest BCUT2D eigenvalue weighted by Gasteiger charge is -2.35. The highest BCUT2D eigenvalue weighted by Gasteiger charge is 2.35. The normalized spacial score (nSPS) is 26.0. The Hall–Kier alpha value is -0.0900. The summed E-state index contributed by atoms with van der Waals surface area (Å²) in [4.78, 5) is 2.43. The minimum absolute atomic E-state index is 0.0524. The van der Waals surface area contributed by atoms with Crippen LogP contribution in [0.5, 0.6) is 0 Å². The van der Waals surface area contributed by atoms with Gasteiger partial charge in [0.1, 0.15) is 0 Å². The number of piperidine rings is 1. The summed E-state index contributed by atoms with van der Waals surface area (Å²) in [6, 6.07) is 0.599. The molecule has 1 atom stereocenters. The van der Waals surface area contributed by atoms with Gasteiger partial charge >= 0.3 is 0 Å². The molecule has 0 spiro atoms. The summed E-state index contributed by atoms with van der Waals surface area (Å²) in [7, 11) is -2.80. The Labute approximate surface area is 105 Å². The Bertz CT molecular complexity index is 340. The van der Waals surface area contributed by atoms with Crippen molar-refractivity contribution < 1.29 is 8.42 Å². The van der Waals surface area contributed by atoms with Crippen molar-refractivity contribution in [3.05, 3.63) is 0 Å². The third-order valence-corrected chi connectivity index (χ3v) is 6.79. The quantitative estimate of drug-likeness (QED) is 0.758. The van der Waals surface area contributed by atoms with E-state index in [2.05, 4.69) is 18.7 Å². The third kappa shape index (κ3) is 3.44. The van der Waals surface area contributed by atoms with E-state index in [-0.39, 0.29) is 5.25 Å². The summed E-state index contributed by atoms with van der Waals surface area (Å²) in [5.74, 6) is 0.952. The lowest BCUT2D eigenvalue weighted by Crippen LogP contribution is -2.43. The number of nitrogens with zero attached hydrogens (tertiary/aromatic N) is 1. The number of hydrogen-bond acceptors (Lipinski definition) is 3. The molecule has 2 rings (SSSR count). The SMILES string of the molecule is CCC(C)N1CCC(S(=O)(=O)CC2CC2)CC1. The second kappa shape index (κ2) is 5.27. The van der Waals surface area contributed by atoms with Crippen LogP contribution in [0.3, 0.4) is 0 Å². The zero-order chi connectivity index (χ0) is 12.5. The molecule has 0 aromatic rings. The molecule has 1 heterocycles. The summed E-state index contributed by atoms with van der Waals surface area (Å²) in [6.45, 7) is 6.35. The first-order chi connectivity index (χ1) is 8.03. The maximum atomic E-state index is 12.2. The lowest BCUT2D eigenvalue weighted by molar-refractivity contribution is 0.171. The van der Waals surface area contributed by atoms with E-state index >= 15 is 0 Å². The van der Waals surface area contributed by atoms with Gasteiger partial charge in [-0.05, 0) is 58.0 Å². The van der Waals surface area contributed by atoms with Gasteiger partial charge in [0.15, 0.2) is 9.84 Å². The smallest absolute Gasteiger partial charge is 0.153 e. The van der Waals surface area contributed by atoms with Gasteiger partial charge in [-0.25, -0.2) is 8.42 Å². The number of sulfone groups is 1. The molecule has 17 heavy (non-hydrogen) atoms. The van der Waals surface area contributed by atoms with E-state index < -0.39 is 9.84 Å². The van der Waals surface area contributed by atoms with Crippen LogP contribution in [-0.2, 0) is 9.84 Å². The molecule has 0 aromatic carbocycles. The lowest BCUT2D eigenvalue weighted by atomic mass is 10.1. The Morgan fingerprint density at radius 2 is 1.76 bits per heavy atom. The minimum atomic E-state index is -2.80. The van der Waals surface area contributed by atoms with E-state index in [0.29, 0.717) is 17.7 Å². The van der Waals surface area contributed by atoms with Crippen LogP contribution in [0.2, 0.25) is 0 Å². The maximum Gasteiger partial charge on any atom is 0.153 e. The van der Waals surface area contributed by atoms with Crippen LogP contribution in [-0.4, -0.2) is 43.5 Å². The van der Waals surface area contributed by atoms with Gasteiger partial charge in [0, 0.05) is 6.04 Å². The van der Waals surface area contributed by atoms with Crippen molar-refractivity contribution in [1.82, 2.24) is 4.90 Å². The van der Waals surface area contributed by atoms with Crippen LogP contribution in [0.1, 0.15) is 46.0 Å². The fourth-order valence-corrected chi connectivity index (χ4v) is 4.87. The van der Waals surface area contributed by atoms with Crippen molar-refractivity contribution in [3.8, 4) is 0 Å². The van der Waals surface area contributed by atoms with Crippen molar-refractivity contribution in [2.24, 2.45) is 5.92 Å². The van der Waals surface area contributed by atoms with Crippen molar-refractivity contribution >= 4 is 9.84 Å². The van der Waals surface area contributed by atoms with Crippen LogP contribution >= 0.6 is 0 Å². The van der Waals surface area contributed by atoms with Gasteiger partial charge < -0.3 is 4.90 Å². The van der Waals surface area contributed by atoms with Gasteiger partial charge in [0.05, 0.1) is 11.0 Å². The van der Waals surface area contributed by atoms with Gasteiger partial charge in [-0.3, -0.25) is 0 Å². The molecule has 0 bridgehead atoms. The Morgan fingerprint density at radius 3 is 2.24 bits per heavy atom. The fraction of sp³-hybridized carbons (Fsp3) is 1.00. The van der Waals surface area contributed by atoms with E-state index in [1.54, 1.807) is 0 Å². The first kappa shape index (κ1) is 13.3. The molecule has 1 saturated heterocycles. The van der Waals surface area contributed by atoms with E-state index in [1.807, 2.05) is 0 Å². The Morgan fingerprint density at radius 1 is 1.18 bits per heavy atom. The summed E-state index contributed by atoms with van der Waals surface area (Å²) in [5, 5.41) is -0.0524. The number of hydrogen-bond donors (Lipinski definition) is 0. The second-order valence-electron chi connectivity index (χ2n) is 5.77. The summed E-state index contributed by atoms with van der Waals surface area (Å²) in [5.41, 5.74) is 0. The zero-order valence-corrected chi connectivity index (χ0v) is 11.9. The largest absolute Gasteiger partial charge is 0.301 e. The van der Waals surface area contributed by atoms with Crippen molar-refractivity contribution in [2.45, 2.75) is 57.2 Å². The molecule has 1 aliphatic carbocycles. The standard InChI is InChI=1S/C13H25NO2S/c1-3-11(2)14-8-6-13(7-9-14)17(15,16)10-12-4-5-12/h11-13H,3-10H2,1-2H3. The van der Waals surface area contributed by atoms with E-state index in [0.717, 1.165) is 45.2 Å². The predicted molar refractivity (Wildman–Crippen MR) is 70.9 cm³/mol. The molecule has 0 aromatic heterocycles. The van der Waals surface area contributed by atoms with Crippen molar-refractivity contribution in [1.29, 1.82) is 0 Å². The molecular formula is C13H25NO2S. The fourth-order valence-electron chi connectivity index (χ4n) is 2.68. The van der Waals surface area contributed by atoms with Gasteiger partial charge in [0.2, 0.25) is 0 Å². The van der Waals surface area contributed by atoms with Crippen LogP contribution in [0.4, 0.5) is 0 Å². The van der Waals surface area contributed by atoms with Gasteiger partial charge in [-0.2, -0.15) is 0 Å². The van der Waals surface area contributed by atoms with Gasteiger partial charge in [-0.1, -0.05) is 6.92 Å². The Kier molecular flexibility index (Phi) is 4.14. The molecule has 3 nitrogen and oxygen atoms in total. The molecule has 2 fully saturated rings. The third-order valence-electron chi connectivity index (χ3n) is 4.36. The Balaban J connectivity index is 1.85. The highest BCUT2D eigenvalue weighted by atomic mass is 32.2. The van der Waals surface area contributed by atoms with Gasteiger partial charge in [-0.15, -0.1) is 0 Å². The summed E-state index contributed by atoms with van der Waals surface area (Å²) < 4.78 is 24.3. The van der Waals surface area contributed by atoms with Crippen molar-refractivity contribution in [2.75, 3.05) is 18.8 Å². The van der Waals surface area contributed by atoms with Crippen LogP contribution < -0.4 is 0 Å². The maximum absolute atomic E-state index is 12.2. The highest BCUT2D eigenvalue weighted by molar-refractivity contribution is 7.92. The summed E-state index contributed by atoms with van der Waals surface area (Å²) in [6.07, 6.45) is 5.11. The number of likely N-dealkylation sites (tertiary alicyclic amines) is 1. The number of rotatable bonds is 5. The monoisotopic (exact) mass is 259 g/mol. The van der Waals surface area contributed by atoms with E-state index in [4.69, 9.17) is 0 Å². The molecule has 0 amide bonds. The van der Waals surface area contributed by atoms with Crippen LogP contribution in [0.25, 0.3) is 0 Å².